The van der Waals surface area contributed by atoms with Gasteiger partial charge in [-0.3, -0.25) is 9.59 Å². The van der Waals surface area contributed by atoms with Crippen molar-refractivity contribution in [1.29, 1.82) is 0 Å². The van der Waals surface area contributed by atoms with Crippen LogP contribution in [0, 0.1) is 5.92 Å². The number of carbonyl (C=O) groups is 2. The lowest BCUT2D eigenvalue weighted by Crippen LogP contribution is -2.32. The molecule has 0 radical (unpaired) electrons. The molecule has 134 valence electrons. The van der Waals surface area contributed by atoms with Gasteiger partial charge in [0.25, 0.3) is 0 Å². The first-order valence-electron chi connectivity index (χ1n) is 8.32. The molecule has 0 saturated carbocycles. The SMILES string of the molecule is O=C(NCc1cccc(Br)c1)C1CC(=O)N(c2ccc3c(c2)OCO3)C1. The fourth-order valence-corrected chi connectivity index (χ4v) is 3.61. The average Bonchev–Trinajstić information content (AvgIpc) is 3.25. The lowest BCUT2D eigenvalue weighted by molar-refractivity contribution is -0.126. The molecule has 2 aliphatic heterocycles. The van der Waals surface area contributed by atoms with Crippen LogP contribution in [0.4, 0.5) is 5.69 Å². The largest absolute Gasteiger partial charge is 0.454 e. The van der Waals surface area contributed by atoms with Gasteiger partial charge in [-0.05, 0) is 29.8 Å². The summed E-state index contributed by atoms with van der Waals surface area (Å²) in [7, 11) is 0. The van der Waals surface area contributed by atoms with Crippen molar-refractivity contribution in [2.45, 2.75) is 13.0 Å². The predicted octanol–water partition coefficient (Wildman–Crippen LogP) is 2.85. The Morgan fingerprint density at radius 2 is 2.04 bits per heavy atom. The van der Waals surface area contributed by atoms with Crippen molar-refractivity contribution < 1.29 is 19.1 Å². The number of ether oxygens (including phenoxy) is 2. The van der Waals surface area contributed by atoms with Crippen LogP contribution in [0.15, 0.2) is 46.9 Å². The molecule has 2 aromatic carbocycles. The summed E-state index contributed by atoms with van der Waals surface area (Å²) in [4.78, 5) is 26.5. The minimum absolute atomic E-state index is 0.0635. The van der Waals surface area contributed by atoms with Crippen LogP contribution in [-0.2, 0) is 16.1 Å². The van der Waals surface area contributed by atoms with Crippen molar-refractivity contribution in [1.82, 2.24) is 5.32 Å². The molecule has 1 unspecified atom stereocenters. The zero-order chi connectivity index (χ0) is 18.1. The van der Waals surface area contributed by atoms with Crippen molar-refractivity contribution in [3.8, 4) is 11.5 Å². The Morgan fingerprint density at radius 3 is 2.88 bits per heavy atom. The van der Waals surface area contributed by atoms with E-state index in [2.05, 4.69) is 21.2 Å². The summed E-state index contributed by atoms with van der Waals surface area (Å²) in [5.41, 5.74) is 1.73. The summed E-state index contributed by atoms with van der Waals surface area (Å²) in [6, 6.07) is 13.1. The molecular weight excluding hydrogens is 400 g/mol. The molecule has 2 heterocycles. The zero-order valence-electron chi connectivity index (χ0n) is 13.9. The van der Waals surface area contributed by atoms with E-state index in [0.29, 0.717) is 24.6 Å². The highest BCUT2D eigenvalue weighted by Gasteiger charge is 2.35. The van der Waals surface area contributed by atoms with Gasteiger partial charge in [0, 0.05) is 35.7 Å². The Balaban J connectivity index is 1.40. The van der Waals surface area contributed by atoms with Crippen molar-refractivity contribution in [3.05, 3.63) is 52.5 Å². The predicted molar refractivity (Wildman–Crippen MR) is 99.0 cm³/mol. The van der Waals surface area contributed by atoms with Crippen LogP contribution in [0.3, 0.4) is 0 Å². The topological polar surface area (TPSA) is 67.9 Å². The van der Waals surface area contributed by atoms with Gasteiger partial charge < -0.3 is 19.7 Å². The second-order valence-corrected chi connectivity index (χ2v) is 7.21. The zero-order valence-corrected chi connectivity index (χ0v) is 15.5. The lowest BCUT2D eigenvalue weighted by Gasteiger charge is -2.17. The standard InChI is InChI=1S/C19H17BrN2O4/c20-14-3-1-2-12(6-14)9-21-19(24)13-7-18(23)22(10-13)15-4-5-16-17(8-15)26-11-25-16/h1-6,8,13H,7,9-11H2,(H,21,24). The number of nitrogens with one attached hydrogen (secondary N) is 1. The van der Waals surface area contributed by atoms with E-state index in [1.165, 1.54) is 0 Å². The molecule has 4 rings (SSSR count). The molecule has 26 heavy (non-hydrogen) atoms. The first kappa shape index (κ1) is 16.9. The fraction of sp³-hybridized carbons (Fsp3) is 0.263. The van der Waals surface area contributed by atoms with Crippen LogP contribution in [-0.4, -0.2) is 25.2 Å². The Hall–Kier alpha value is -2.54. The van der Waals surface area contributed by atoms with E-state index in [1.54, 1.807) is 17.0 Å². The molecule has 0 bridgehead atoms. The van der Waals surface area contributed by atoms with E-state index in [9.17, 15) is 9.59 Å². The number of benzene rings is 2. The number of carbonyl (C=O) groups excluding carboxylic acids is 2. The van der Waals surface area contributed by atoms with E-state index in [1.807, 2.05) is 30.3 Å². The Morgan fingerprint density at radius 1 is 1.19 bits per heavy atom. The third-order valence-electron chi connectivity index (χ3n) is 4.52. The summed E-state index contributed by atoms with van der Waals surface area (Å²) >= 11 is 3.42. The molecule has 6 nitrogen and oxygen atoms in total. The van der Waals surface area contributed by atoms with Crippen LogP contribution in [0.2, 0.25) is 0 Å². The molecule has 1 N–H and O–H groups in total. The fourth-order valence-electron chi connectivity index (χ4n) is 3.17. The van der Waals surface area contributed by atoms with Crippen molar-refractivity contribution >= 4 is 33.4 Å². The van der Waals surface area contributed by atoms with Crippen LogP contribution in [0.5, 0.6) is 11.5 Å². The lowest BCUT2D eigenvalue weighted by atomic mass is 10.1. The maximum atomic E-state index is 12.5. The molecule has 7 heteroatoms. The van der Waals surface area contributed by atoms with Crippen molar-refractivity contribution in [3.63, 3.8) is 0 Å². The normalized spacial score (nSPS) is 18.3. The third kappa shape index (κ3) is 3.39. The average molecular weight is 417 g/mol. The highest BCUT2D eigenvalue weighted by molar-refractivity contribution is 9.10. The summed E-state index contributed by atoms with van der Waals surface area (Å²) in [5.74, 6) is 0.759. The van der Waals surface area contributed by atoms with Crippen LogP contribution in [0.1, 0.15) is 12.0 Å². The molecule has 1 fully saturated rings. The van der Waals surface area contributed by atoms with Gasteiger partial charge in [-0.25, -0.2) is 0 Å². The smallest absolute Gasteiger partial charge is 0.231 e. The van der Waals surface area contributed by atoms with Crippen molar-refractivity contribution in [2.24, 2.45) is 5.92 Å². The number of fused-ring (bicyclic) bond motifs is 1. The van der Waals surface area contributed by atoms with E-state index < -0.39 is 0 Å². The van der Waals surface area contributed by atoms with Crippen molar-refractivity contribution in [2.75, 3.05) is 18.2 Å². The van der Waals surface area contributed by atoms with Crippen LogP contribution in [0.25, 0.3) is 0 Å². The quantitative estimate of drug-likeness (QED) is 0.831. The molecule has 0 spiro atoms. The third-order valence-corrected chi connectivity index (χ3v) is 5.01. The molecular formula is C19H17BrN2O4. The van der Waals surface area contributed by atoms with Gasteiger partial charge in [-0.1, -0.05) is 28.1 Å². The van der Waals surface area contributed by atoms with Gasteiger partial charge in [0.1, 0.15) is 0 Å². The molecule has 0 aliphatic carbocycles. The number of rotatable bonds is 4. The highest BCUT2D eigenvalue weighted by Crippen LogP contribution is 2.37. The van der Waals surface area contributed by atoms with Gasteiger partial charge in [0.05, 0.1) is 5.92 Å². The maximum absolute atomic E-state index is 12.5. The highest BCUT2D eigenvalue weighted by atomic mass is 79.9. The van der Waals surface area contributed by atoms with E-state index in [4.69, 9.17) is 9.47 Å². The minimum Gasteiger partial charge on any atom is -0.454 e. The molecule has 2 aliphatic rings. The first-order valence-corrected chi connectivity index (χ1v) is 9.11. The summed E-state index contributed by atoms with van der Waals surface area (Å²) < 4.78 is 11.6. The second-order valence-electron chi connectivity index (χ2n) is 6.29. The maximum Gasteiger partial charge on any atom is 0.231 e. The summed E-state index contributed by atoms with van der Waals surface area (Å²) in [6.07, 6.45) is 0.207. The monoisotopic (exact) mass is 416 g/mol. The molecule has 1 atom stereocenters. The van der Waals surface area contributed by atoms with Gasteiger partial charge in [0.2, 0.25) is 18.6 Å². The molecule has 1 saturated heterocycles. The Bertz CT molecular complexity index is 870. The Labute approximate surface area is 159 Å². The number of amides is 2. The second kappa shape index (κ2) is 6.99. The van der Waals surface area contributed by atoms with Gasteiger partial charge in [0.15, 0.2) is 11.5 Å². The number of hydrogen-bond donors (Lipinski definition) is 1. The molecule has 2 aromatic rings. The van der Waals surface area contributed by atoms with E-state index in [-0.39, 0.29) is 30.9 Å². The molecule has 0 aromatic heterocycles. The van der Waals surface area contributed by atoms with Crippen LogP contribution >= 0.6 is 15.9 Å². The minimum atomic E-state index is -0.361. The number of hydrogen-bond acceptors (Lipinski definition) is 4. The number of nitrogens with zero attached hydrogens (tertiary/aromatic N) is 1. The van der Waals surface area contributed by atoms with Gasteiger partial charge >= 0.3 is 0 Å². The van der Waals surface area contributed by atoms with E-state index >= 15 is 0 Å². The number of anilines is 1. The van der Waals surface area contributed by atoms with Crippen LogP contribution < -0.4 is 19.7 Å². The molecule has 2 amide bonds. The summed E-state index contributed by atoms with van der Waals surface area (Å²) in [6.45, 7) is 0.989. The van der Waals surface area contributed by atoms with Gasteiger partial charge in [-0.15, -0.1) is 0 Å². The Kier molecular flexibility index (Phi) is 4.55. The first-order chi connectivity index (χ1) is 12.6. The number of halogens is 1. The summed E-state index contributed by atoms with van der Waals surface area (Å²) in [5, 5.41) is 2.92. The van der Waals surface area contributed by atoms with Gasteiger partial charge in [-0.2, -0.15) is 0 Å². The van der Waals surface area contributed by atoms with E-state index in [0.717, 1.165) is 15.7 Å².